The monoisotopic (exact) mass is 325 g/mol. The second kappa shape index (κ2) is 5.90. The lowest BCUT2D eigenvalue weighted by molar-refractivity contribution is 0.805. The number of azo groups is 1. The zero-order valence-corrected chi connectivity index (χ0v) is 13.1. The lowest BCUT2D eigenvalue weighted by atomic mass is 10.4. The Morgan fingerprint density at radius 3 is 2.61 bits per heavy atom. The van der Waals surface area contributed by atoms with Crippen LogP contribution in [-0.4, -0.2) is 24.7 Å². The van der Waals surface area contributed by atoms with Crippen molar-refractivity contribution in [2.45, 2.75) is 13.8 Å². The summed E-state index contributed by atoms with van der Waals surface area (Å²) in [5.74, 6) is 0.637. The van der Waals surface area contributed by atoms with E-state index in [-0.39, 0.29) is 5.82 Å². The molecule has 3 aromatic rings. The van der Waals surface area contributed by atoms with Gasteiger partial charge >= 0.3 is 0 Å². The lowest BCUT2D eigenvalue weighted by Crippen LogP contribution is -2.05. The van der Waals surface area contributed by atoms with Gasteiger partial charge in [0.1, 0.15) is 10.9 Å². The Hall–Kier alpha value is -3.19. The number of aryl methyl sites for hydroxylation is 2. The third kappa shape index (κ3) is 2.77. The highest BCUT2D eigenvalue weighted by molar-refractivity contribution is 7.15. The van der Waals surface area contributed by atoms with E-state index in [2.05, 4.69) is 36.3 Å². The van der Waals surface area contributed by atoms with Crippen LogP contribution >= 0.6 is 11.3 Å². The average Bonchev–Trinajstić information content (AvgIpc) is 3.06. The summed E-state index contributed by atoms with van der Waals surface area (Å²) in [5, 5.41) is 21.8. The third-order valence-corrected chi connectivity index (χ3v) is 3.87. The minimum absolute atomic E-state index is 0.284. The van der Waals surface area contributed by atoms with Crippen LogP contribution in [0.15, 0.2) is 28.7 Å². The van der Waals surface area contributed by atoms with Gasteiger partial charge in [0.2, 0.25) is 5.13 Å². The molecule has 0 bridgehead atoms. The van der Waals surface area contributed by atoms with Crippen molar-refractivity contribution in [1.82, 2.24) is 24.7 Å². The van der Waals surface area contributed by atoms with Crippen molar-refractivity contribution in [3.8, 4) is 12.0 Å². The minimum atomic E-state index is 0.284. The maximum atomic E-state index is 8.94. The molecule has 0 radical (unpaired) electrons. The molecule has 23 heavy (non-hydrogen) atoms. The summed E-state index contributed by atoms with van der Waals surface area (Å²) < 4.78 is 1.40. The molecule has 3 heterocycles. The van der Waals surface area contributed by atoms with Crippen LogP contribution in [0.5, 0.6) is 0 Å². The molecular weight excluding hydrogens is 314 g/mol. The van der Waals surface area contributed by atoms with E-state index in [0.29, 0.717) is 33.0 Å². The number of nitriles is 1. The molecule has 0 saturated heterocycles. The number of nitrogens with two attached hydrogens (primary N) is 1. The Morgan fingerprint density at radius 1 is 1.22 bits per heavy atom. The van der Waals surface area contributed by atoms with Gasteiger partial charge in [0, 0.05) is 12.4 Å². The first kappa shape index (κ1) is 14.7. The fraction of sp³-hybridized carbons (Fsp3) is 0.154. The van der Waals surface area contributed by atoms with Gasteiger partial charge in [-0.1, -0.05) is 11.3 Å². The van der Waals surface area contributed by atoms with Gasteiger partial charge in [-0.2, -0.15) is 15.0 Å². The van der Waals surface area contributed by atoms with Gasteiger partial charge in [-0.15, -0.1) is 10.2 Å². The number of thiazole rings is 1. The smallest absolute Gasteiger partial charge is 0.252 e. The second-order valence-electron chi connectivity index (χ2n) is 4.50. The Morgan fingerprint density at radius 2 is 1.96 bits per heavy atom. The van der Waals surface area contributed by atoms with Crippen LogP contribution in [0.3, 0.4) is 0 Å². The first-order valence-electron chi connectivity index (χ1n) is 6.52. The standard InChI is InChI=1S/C13H11N9S/c1-7-9(6-14)23-13(18-7)20-19-10-8(2)21-22(11(10)15)12-16-4-3-5-17-12/h3-5H,15H2,1-2H3/b20-19+. The van der Waals surface area contributed by atoms with Crippen molar-refractivity contribution in [3.63, 3.8) is 0 Å². The number of aromatic nitrogens is 5. The fourth-order valence-electron chi connectivity index (χ4n) is 1.83. The SMILES string of the molecule is Cc1nc(/N=N/c2c(C)nn(-c3ncccn3)c2N)sc1C#N. The average molecular weight is 325 g/mol. The number of rotatable bonds is 3. The van der Waals surface area contributed by atoms with Gasteiger partial charge < -0.3 is 5.73 Å². The van der Waals surface area contributed by atoms with E-state index in [1.165, 1.54) is 16.0 Å². The zero-order chi connectivity index (χ0) is 16.4. The predicted octanol–water partition coefficient (Wildman–Crippen LogP) is 2.60. The third-order valence-electron chi connectivity index (χ3n) is 2.93. The summed E-state index contributed by atoms with van der Waals surface area (Å²) in [5.41, 5.74) is 7.70. The molecule has 0 aliphatic heterocycles. The van der Waals surface area contributed by atoms with E-state index in [9.17, 15) is 0 Å². The van der Waals surface area contributed by atoms with Crippen LogP contribution < -0.4 is 5.73 Å². The van der Waals surface area contributed by atoms with E-state index < -0.39 is 0 Å². The predicted molar refractivity (Wildman–Crippen MR) is 84.0 cm³/mol. The highest BCUT2D eigenvalue weighted by atomic mass is 32.1. The molecule has 0 fully saturated rings. The number of anilines is 1. The largest absolute Gasteiger partial charge is 0.382 e. The topological polar surface area (TPSA) is 131 Å². The fourth-order valence-corrected chi connectivity index (χ4v) is 2.52. The minimum Gasteiger partial charge on any atom is -0.382 e. The normalized spacial score (nSPS) is 11.0. The van der Waals surface area contributed by atoms with Crippen LogP contribution in [0.2, 0.25) is 0 Å². The number of nitrogens with zero attached hydrogens (tertiary/aromatic N) is 8. The first-order valence-corrected chi connectivity index (χ1v) is 7.33. The Kier molecular flexibility index (Phi) is 3.78. The van der Waals surface area contributed by atoms with E-state index in [1.54, 1.807) is 32.3 Å². The lowest BCUT2D eigenvalue weighted by Gasteiger charge is -1.99. The zero-order valence-electron chi connectivity index (χ0n) is 12.3. The van der Waals surface area contributed by atoms with E-state index in [0.717, 1.165) is 0 Å². The van der Waals surface area contributed by atoms with E-state index in [1.807, 2.05) is 0 Å². The molecule has 9 nitrogen and oxygen atoms in total. The van der Waals surface area contributed by atoms with Crippen LogP contribution in [-0.2, 0) is 0 Å². The van der Waals surface area contributed by atoms with Crippen molar-refractivity contribution >= 4 is 28.0 Å². The number of hydrogen-bond acceptors (Lipinski definition) is 9. The molecule has 0 amide bonds. The summed E-state index contributed by atoms with van der Waals surface area (Å²) in [7, 11) is 0. The highest BCUT2D eigenvalue weighted by Gasteiger charge is 2.15. The van der Waals surface area contributed by atoms with Gasteiger partial charge in [0.25, 0.3) is 5.95 Å². The Bertz CT molecular complexity index is 917. The molecule has 2 N–H and O–H groups in total. The van der Waals surface area contributed by atoms with Crippen molar-refractivity contribution in [1.29, 1.82) is 5.26 Å². The maximum Gasteiger partial charge on any atom is 0.252 e. The Balaban J connectivity index is 1.96. The van der Waals surface area contributed by atoms with E-state index >= 15 is 0 Å². The van der Waals surface area contributed by atoms with Crippen LogP contribution in [0.4, 0.5) is 16.6 Å². The molecule has 0 atom stereocenters. The van der Waals surface area contributed by atoms with E-state index in [4.69, 9.17) is 11.0 Å². The molecule has 3 rings (SSSR count). The molecule has 0 unspecified atom stereocenters. The van der Waals surface area contributed by atoms with Gasteiger partial charge in [-0.05, 0) is 19.9 Å². The van der Waals surface area contributed by atoms with Gasteiger partial charge in [0.15, 0.2) is 11.5 Å². The summed E-state index contributed by atoms with van der Waals surface area (Å²) in [6, 6.07) is 3.76. The molecule has 10 heteroatoms. The van der Waals surface area contributed by atoms with Gasteiger partial charge in [-0.3, -0.25) is 0 Å². The van der Waals surface area contributed by atoms with Crippen LogP contribution in [0.1, 0.15) is 16.3 Å². The van der Waals surface area contributed by atoms with Crippen LogP contribution in [0.25, 0.3) is 5.95 Å². The quantitative estimate of drug-likeness (QED) is 0.736. The number of hydrogen-bond donors (Lipinski definition) is 1. The summed E-state index contributed by atoms with van der Waals surface area (Å²) in [6.45, 7) is 3.51. The van der Waals surface area contributed by atoms with Crippen molar-refractivity contribution in [2.75, 3.05) is 5.73 Å². The summed E-state index contributed by atoms with van der Waals surface area (Å²) in [4.78, 5) is 12.9. The first-order chi connectivity index (χ1) is 11.1. The van der Waals surface area contributed by atoms with Crippen molar-refractivity contribution < 1.29 is 0 Å². The highest BCUT2D eigenvalue weighted by Crippen LogP contribution is 2.31. The molecule has 0 aliphatic carbocycles. The van der Waals surface area contributed by atoms with Gasteiger partial charge in [0.05, 0.1) is 11.4 Å². The van der Waals surface area contributed by atoms with Crippen molar-refractivity contribution in [2.24, 2.45) is 10.2 Å². The molecule has 114 valence electrons. The van der Waals surface area contributed by atoms with Crippen molar-refractivity contribution in [3.05, 3.63) is 34.7 Å². The summed E-state index contributed by atoms with van der Waals surface area (Å²) >= 11 is 1.17. The molecule has 0 saturated carbocycles. The number of nitrogen functional groups attached to an aromatic ring is 1. The summed E-state index contributed by atoms with van der Waals surface area (Å²) in [6.07, 6.45) is 3.20. The molecule has 0 aromatic carbocycles. The Labute approximate surface area is 135 Å². The molecule has 0 spiro atoms. The molecule has 0 aliphatic rings. The maximum absolute atomic E-state index is 8.94. The second-order valence-corrected chi connectivity index (χ2v) is 5.48. The molecule has 3 aromatic heterocycles. The molecular formula is C13H11N9S. The van der Waals surface area contributed by atoms with Crippen LogP contribution in [0, 0.1) is 25.2 Å². The van der Waals surface area contributed by atoms with Gasteiger partial charge in [-0.25, -0.2) is 15.0 Å².